The number of nitrogens with zero attached hydrogens (tertiary/aromatic N) is 1. The number of likely N-dealkylation sites (N-methyl/N-ethyl adjacent to an activating group) is 1. The first-order chi connectivity index (χ1) is 10.6. The Morgan fingerprint density at radius 3 is 2.55 bits per heavy atom. The van der Waals surface area contributed by atoms with Crippen molar-refractivity contribution in [1.29, 1.82) is 0 Å². The van der Waals surface area contributed by atoms with Gasteiger partial charge in [0.1, 0.15) is 5.75 Å². The molecule has 1 atom stereocenters. The third-order valence-corrected chi connectivity index (χ3v) is 3.73. The third kappa shape index (κ3) is 7.25. The fourth-order valence-electron chi connectivity index (χ4n) is 2.27. The maximum atomic E-state index is 5.33. The second kappa shape index (κ2) is 12.4. The topological polar surface area (TPSA) is 50.5 Å². The summed E-state index contributed by atoms with van der Waals surface area (Å²) in [6.07, 6.45) is 2.21. The van der Waals surface area contributed by atoms with Gasteiger partial charge in [0, 0.05) is 24.7 Å². The Hall–Kier alpha value is -1.10. The highest BCUT2D eigenvalue weighted by molar-refractivity contribution is 5.41. The smallest absolute Gasteiger partial charge is 0.123 e. The van der Waals surface area contributed by atoms with Crippen LogP contribution >= 0.6 is 0 Å². The Kier molecular flexibility index (Phi) is 11.8. The molecular weight excluding hydrogens is 274 g/mol. The Morgan fingerprint density at radius 1 is 1.36 bits per heavy atom. The van der Waals surface area contributed by atoms with Crippen LogP contribution in [0.15, 0.2) is 18.2 Å². The van der Waals surface area contributed by atoms with Crippen LogP contribution < -0.4 is 15.8 Å². The van der Waals surface area contributed by atoms with Gasteiger partial charge in [-0.05, 0) is 52.0 Å². The monoisotopic (exact) mass is 309 g/mol. The number of fused-ring (bicyclic) bond motifs is 1. The van der Waals surface area contributed by atoms with Gasteiger partial charge < -0.3 is 20.7 Å². The van der Waals surface area contributed by atoms with Gasteiger partial charge >= 0.3 is 0 Å². The van der Waals surface area contributed by atoms with Crippen LogP contribution in [0.1, 0.15) is 38.3 Å². The van der Waals surface area contributed by atoms with E-state index < -0.39 is 0 Å². The molecule has 0 bridgehead atoms. The van der Waals surface area contributed by atoms with Crippen LogP contribution in [-0.4, -0.2) is 45.2 Å². The van der Waals surface area contributed by atoms with Gasteiger partial charge in [-0.2, -0.15) is 0 Å². The molecular formula is C18H35N3O. The maximum Gasteiger partial charge on any atom is 0.123 e. The molecule has 0 aliphatic carbocycles. The molecule has 0 amide bonds. The molecule has 4 nitrogen and oxygen atoms in total. The average Bonchev–Trinajstić information content (AvgIpc) is 2.56. The molecule has 1 aromatic carbocycles. The van der Waals surface area contributed by atoms with Crippen molar-refractivity contribution in [2.24, 2.45) is 5.73 Å². The molecule has 0 saturated heterocycles. The Bertz CT molecular complexity index is 382. The van der Waals surface area contributed by atoms with Gasteiger partial charge in [0.2, 0.25) is 0 Å². The zero-order valence-electron chi connectivity index (χ0n) is 15.3. The van der Waals surface area contributed by atoms with E-state index in [2.05, 4.69) is 36.3 Å². The van der Waals surface area contributed by atoms with Gasteiger partial charge in [-0.3, -0.25) is 0 Å². The summed E-state index contributed by atoms with van der Waals surface area (Å²) in [7, 11) is 5.83. The average molecular weight is 309 g/mol. The maximum absolute atomic E-state index is 5.33. The van der Waals surface area contributed by atoms with Gasteiger partial charge in [-0.1, -0.05) is 26.0 Å². The van der Waals surface area contributed by atoms with E-state index in [0.717, 1.165) is 38.2 Å². The number of rotatable bonds is 4. The highest BCUT2D eigenvalue weighted by Crippen LogP contribution is 2.26. The third-order valence-electron chi connectivity index (χ3n) is 3.73. The molecule has 3 N–H and O–H groups in total. The highest BCUT2D eigenvalue weighted by Gasteiger charge is 2.16. The number of nitrogens with one attached hydrogen (secondary N) is 1. The molecule has 1 heterocycles. The lowest BCUT2D eigenvalue weighted by molar-refractivity contribution is 0.302. The van der Waals surface area contributed by atoms with Crippen molar-refractivity contribution in [2.45, 2.75) is 46.2 Å². The van der Waals surface area contributed by atoms with E-state index in [1.165, 1.54) is 11.1 Å². The molecule has 1 aromatic rings. The quantitative estimate of drug-likeness (QED) is 0.898. The van der Waals surface area contributed by atoms with Crippen molar-refractivity contribution >= 4 is 0 Å². The van der Waals surface area contributed by atoms with Crippen LogP contribution in [0.3, 0.4) is 0 Å². The van der Waals surface area contributed by atoms with Gasteiger partial charge in [0.05, 0.1) is 7.11 Å². The van der Waals surface area contributed by atoms with E-state index in [-0.39, 0.29) is 0 Å². The second-order valence-electron chi connectivity index (χ2n) is 5.35. The molecule has 1 unspecified atom stereocenters. The van der Waals surface area contributed by atoms with Crippen LogP contribution in [0, 0.1) is 0 Å². The summed E-state index contributed by atoms with van der Waals surface area (Å²) in [5, 5.41) is 3.09. The molecule has 0 radical (unpaired) electrons. The lowest BCUT2D eigenvalue weighted by atomic mass is 9.99. The van der Waals surface area contributed by atoms with Crippen molar-refractivity contribution in [2.75, 3.05) is 34.3 Å². The molecule has 22 heavy (non-hydrogen) atoms. The van der Waals surface area contributed by atoms with Crippen molar-refractivity contribution in [3.63, 3.8) is 0 Å². The first-order valence-corrected chi connectivity index (χ1v) is 8.33. The Balaban J connectivity index is 0.000000421. The summed E-state index contributed by atoms with van der Waals surface area (Å²) in [5.74, 6) is 1.03. The molecule has 0 aromatic heterocycles. The number of methoxy groups -OCH3 is 1. The summed E-state index contributed by atoms with van der Waals surface area (Å²) in [5.41, 5.74) is 8.07. The van der Waals surface area contributed by atoms with Crippen LogP contribution in [0.5, 0.6) is 5.75 Å². The minimum atomic E-state index is 0.574. The van der Waals surface area contributed by atoms with E-state index in [4.69, 9.17) is 10.5 Å². The summed E-state index contributed by atoms with van der Waals surface area (Å²) in [4.78, 5) is 2.32. The van der Waals surface area contributed by atoms with E-state index >= 15 is 0 Å². The number of hydrogen-bond donors (Lipinski definition) is 2. The van der Waals surface area contributed by atoms with E-state index in [1.807, 2.05) is 27.0 Å². The van der Waals surface area contributed by atoms with Gasteiger partial charge in [0.25, 0.3) is 0 Å². The van der Waals surface area contributed by atoms with Crippen molar-refractivity contribution in [1.82, 2.24) is 10.2 Å². The number of hydrogen-bond acceptors (Lipinski definition) is 4. The SMILES string of the molecule is CC.CNC(C)CCN.COc1cccc2c1CN(C)CC2. The largest absolute Gasteiger partial charge is 0.496 e. The molecule has 0 spiro atoms. The second-order valence-corrected chi connectivity index (χ2v) is 5.35. The van der Waals surface area contributed by atoms with E-state index in [9.17, 15) is 0 Å². The minimum absolute atomic E-state index is 0.574. The molecule has 0 fully saturated rings. The highest BCUT2D eigenvalue weighted by atomic mass is 16.5. The molecule has 1 aliphatic heterocycles. The fraction of sp³-hybridized carbons (Fsp3) is 0.667. The first kappa shape index (κ1) is 20.9. The van der Waals surface area contributed by atoms with Crippen molar-refractivity contribution in [3.05, 3.63) is 29.3 Å². The number of nitrogens with two attached hydrogens (primary N) is 1. The lowest BCUT2D eigenvalue weighted by Crippen LogP contribution is -2.26. The van der Waals surface area contributed by atoms with Crippen LogP contribution in [0.25, 0.3) is 0 Å². The zero-order chi connectivity index (χ0) is 17.0. The number of ether oxygens (including phenoxy) is 1. The summed E-state index contributed by atoms with van der Waals surface area (Å²) in [6.45, 7) is 9.06. The van der Waals surface area contributed by atoms with E-state index in [1.54, 1.807) is 7.11 Å². The Morgan fingerprint density at radius 2 is 2.05 bits per heavy atom. The van der Waals surface area contributed by atoms with Gasteiger partial charge in [-0.25, -0.2) is 0 Å². The molecule has 128 valence electrons. The van der Waals surface area contributed by atoms with Crippen molar-refractivity contribution < 1.29 is 4.74 Å². The van der Waals surface area contributed by atoms with Gasteiger partial charge in [-0.15, -0.1) is 0 Å². The standard InChI is InChI=1S/C11H15NO.C5H14N2.C2H6/c1-12-7-6-9-4-3-5-11(13-2)10(9)8-12;1-5(7-2)3-4-6;1-2/h3-5H,6-8H2,1-2H3;5,7H,3-4,6H2,1-2H3;1-2H3. The predicted molar refractivity (Wildman–Crippen MR) is 96.6 cm³/mol. The summed E-state index contributed by atoms with van der Waals surface area (Å²) >= 11 is 0. The van der Waals surface area contributed by atoms with Crippen LogP contribution in [0.4, 0.5) is 0 Å². The zero-order valence-corrected chi connectivity index (χ0v) is 15.3. The molecule has 2 rings (SSSR count). The normalized spacial score (nSPS) is 14.7. The lowest BCUT2D eigenvalue weighted by Gasteiger charge is -2.26. The van der Waals surface area contributed by atoms with Crippen molar-refractivity contribution in [3.8, 4) is 5.75 Å². The molecule has 1 aliphatic rings. The van der Waals surface area contributed by atoms with Crippen LogP contribution in [-0.2, 0) is 13.0 Å². The Labute approximate surface area is 137 Å². The minimum Gasteiger partial charge on any atom is -0.496 e. The number of benzene rings is 1. The first-order valence-electron chi connectivity index (χ1n) is 8.33. The van der Waals surface area contributed by atoms with Crippen LogP contribution in [0.2, 0.25) is 0 Å². The molecule has 4 heteroatoms. The van der Waals surface area contributed by atoms with E-state index in [0.29, 0.717) is 6.04 Å². The molecule has 0 saturated carbocycles. The summed E-state index contributed by atoms with van der Waals surface area (Å²) < 4.78 is 5.33. The summed E-state index contributed by atoms with van der Waals surface area (Å²) in [6, 6.07) is 6.89. The predicted octanol–water partition coefficient (Wildman–Crippen LogP) is 2.65. The fourth-order valence-corrected chi connectivity index (χ4v) is 2.27. The van der Waals surface area contributed by atoms with Gasteiger partial charge in [0.15, 0.2) is 0 Å².